The van der Waals surface area contributed by atoms with E-state index in [1.54, 1.807) is 16.6 Å². The molecule has 10 nitrogen and oxygen atoms in total. The van der Waals surface area contributed by atoms with Crippen LogP contribution in [0.4, 0.5) is 0 Å². The van der Waals surface area contributed by atoms with Crippen LogP contribution in [0.15, 0.2) is 12.1 Å². The largest absolute Gasteiger partial charge is 0.491 e. The van der Waals surface area contributed by atoms with Crippen LogP contribution in [0.2, 0.25) is 0 Å². The fourth-order valence-corrected chi connectivity index (χ4v) is 6.44. The van der Waals surface area contributed by atoms with Gasteiger partial charge in [-0.15, -0.1) is 0 Å². The molecule has 2 fully saturated rings. The zero-order valence-electron chi connectivity index (χ0n) is 23.3. The summed E-state index contributed by atoms with van der Waals surface area (Å²) in [5.41, 5.74) is 1.78. The number of rotatable bonds is 4. The first kappa shape index (κ1) is 27.1. The molecule has 0 spiro atoms. The number of carbonyl (C=O) groups is 4. The number of carbonyl (C=O) groups excluding carboxylic acids is 4. The summed E-state index contributed by atoms with van der Waals surface area (Å²) < 4.78 is 7.66. The number of nitrogens with one attached hydrogen (secondary N) is 2. The van der Waals surface area contributed by atoms with Gasteiger partial charge >= 0.3 is 0 Å². The van der Waals surface area contributed by atoms with E-state index in [9.17, 15) is 19.2 Å². The number of ether oxygens (including phenoxy) is 1. The number of Topliss-reactive ketones (excluding diaryl/α,β-unsaturated/α-hetero) is 1. The molecule has 2 bridgehead atoms. The minimum atomic E-state index is -0.600. The van der Waals surface area contributed by atoms with Crippen LogP contribution in [-0.4, -0.2) is 70.0 Å². The van der Waals surface area contributed by atoms with Gasteiger partial charge in [0, 0.05) is 43.8 Å². The number of nitrogens with zero attached hydrogens (tertiary/aromatic N) is 3. The first-order chi connectivity index (χ1) is 18.6. The van der Waals surface area contributed by atoms with E-state index < -0.39 is 6.04 Å². The van der Waals surface area contributed by atoms with Gasteiger partial charge < -0.3 is 20.3 Å². The van der Waals surface area contributed by atoms with Crippen LogP contribution in [-0.2, 0) is 27.3 Å². The second-order valence-corrected chi connectivity index (χ2v) is 11.6. The lowest BCUT2D eigenvalue weighted by Crippen LogP contribution is -2.48. The van der Waals surface area contributed by atoms with Crippen molar-refractivity contribution in [3.05, 3.63) is 23.4 Å². The number of amides is 3. The quantitative estimate of drug-likeness (QED) is 0.579. The molecular formula is C29H39N5O5. The molecule has 5 rings (SSSR count). The molecule has 3 aliphatic rings. The van der Waals surface area contributed by atoms with Crippen molar-refractivity contribution in [2.75, 3.05) is 13.6 Å². The third kappa shape index (κ3) is 5.25. The van der Waals surface area contributed by atoms with Crippen molar-refractivity contribution in [1.29, 1.82) is 0 Å². The molecule has 1 aromatic carbocycles. The van der Waals surface area contributed by atoms with E-state index in [0.29, 0.717) is 36.2 Å². The highest BCUT2D eigenvalue weighted by Gasteiger charge is 2.67. The molecule has 3 amide bonds. The van der Waals surface area contributed by atoms with E-state index in [1.807, 2.05) is 26.0 Å². The summed E-state index contributed by atoms with van der Waals surface area (Å²) in [5.74, 6) is 0.101. The van der Waals surface area contributed by atoms with Crippen molar-refractivity contribution in [3.8, 4) is 5.75 Å². The Bertz CT molecular complexity index is 1320. The molecular weight excluding hydrogens is 498 g/mol. The molecule has 39 heavy (non-hydrogen) atoms. The Kier molecular flexibility index (Phi) is 7.39. The minimum absolute atomic E-state index is 0.0257. The Morgan fingerprint density at radius 3 is 2.56 bits per heavy atom. The topological polar surface area (TPSA) is 123 Å². The van der Waals surface area contributed by atoms with Gasteiger partial charge in [-0.3, -0.25) is 23.9 Å². The summed E-state index contributed by atoms with van der Waals surface area (Å²) in [5, 5.41) is 11.1. The van der Waals surface area contributed by atoms with E-state index in [0.717, 1.165) is 49.6 Å². The molecule has 1 aromatic heterocycles. The number of hydrogen-bond donors (Lipinski definition) is 2. The van der Waals surface area contributed by atoms with Crippen LogP contribution in [0.5, 0.6) is 5.75 Å². The van der Waals surface area contributed by atoms with E-state index in [1.165, 1.54) is 6.92 Å². The van der Waals surface area contributed by atoms with Gasteiger partial charge in [0.15, 0.2) is 5.78 Å². The van der Waals surface area contributed by atoms with Gasteiger partial charge in [0.1, 0.15) is 24.0 Å². The van der Waals surface area contributed by atoms with Crippen molar-refractivity contribution in [3.63, 3.8) is 0 Å². The fourth-order valence-electron chi connectivity index (χ4n) is 6.44. The molecule has 10 heteroatoms. The number of benzene rings is 1. The van der Waals surface area contributed by atoms with Gasteiger partial charge in [-0.05, 0) is 63.6 Å². The molecule has 1 aliphatic carbocycles. The lowest BCUT2D eigenvalue weighted by Gasteiger charge is -2.26. The summed E-state index contributed by atoms with van der Waals surface area (Å²) in [6, 6.07) is 3.13. The Labute approximate surface area is 228 Å². The van der Waals surface area contributed by atoms with Gasteiger partial charge in [0.25, 0.3) is 0 Å². The van der Waals surface area contributed by atoms with Gasteiger partial charge in [-0.1, -0.05) is 12.8 Å². The Morgan fingerprint density at radius 2 is 1.87 bits per heavy atom. The molecule has 1 saturated heterocycles. The Balaban J connectivity index is 1.57. The highest BCUT2D eigenvalue weighted by molar-refractivity contribution is 6.06. The van der Waals surface area contributed by atoms with E-state index in [2.05, 4.69) is 15.7 Å². The van der Waals surface area contributed by atoms with E-state index in [4.69, 9.17) is 4.74 Å². The number of likely N-dealkylation sites (N-methyl/N-ethyl adjacent to an activating group) is 1. The number of piperidine rings is 1. The van der Waals surface area contributed by atoms with Crippen LogP contribution in [0.25, 0.3) is 10.9 Å². The molecule has 3 heterocycles. The van der Waals surface area contributed by atoms with E-state index in [-0.39, 0.29) is 47.6 Å². The molecule has 0 unspecified atom stereocenters. The smallest absolute Gasteiger partial charge is 0.245 e. The fraction of sp³-hybridized carbons (Fsp3) is 0.621. The molecule has 210 valence electrons. The second kappa shape index (κ2) is 10.6. The normalized spacial score (nSPS) is 25.7. The number of aryl methyl sites for hydroxylation is 1. The number of aromatic nitrogens is 2. The zero-order valence-corrected chi connectivity index (χ0v) is 23.3. The monoisotopic (exact) mass is 537 g/mol. The lowest BCUT2D eigenvalue weighted by molar-refractivity contribution is -0.140. The second-order valence-electron chi connectivity index (χ2n) is 11.6. The summed E-state index contributed by atoms with van der Waals surface area (Å²) >= 11 is 0. The van der Waals surface area contributed by atoms with Gasteiger partial charge in [-0.2, -0.15) is 5.10 Å². The third-order valence-electron chi connectivity index (χ3n) is 8.38. The molecule has 2 aromatic rings. The number of hydrogen-bond acceptors (Lipinski definition) is 6. The highest BCUT2D eigenvalue weighted by atomic mass is 16.5. The minimum Gasteiger partial charge on any atom is -0.491 e. The maximum Gasteiger partial charge on any atom is 0.245 e. The lowest BCUT2D eigenvalue weighted by atomic mass is 9.98. The van der Waals surface area contributed by atoms with Crippen LogP contribution in [0.3, 0.4) is 0 Å². The van der Waals surface area contributed by atoms with Gasteiger partial charge in [-0.25, -0.2) is 0 Å². The maximum atomic E-state index is 13.9. The average Bonchev–Trinajstić information content (AvgIpc) is 3.30. The van der Waals surface area contributed by atoms with Crippen molar-refractivity contribution in [1.82, 2.24) is 25.3 Å². The van der Waals surface area contributed by atoms with Crippen molar-refractivity contribution < 1.29 is 23.9 Å². The summed E-state index contributed by atoms with van der Waals surface area (Å²) in [6.45, 7) is 5.79. The summed E-state index contributed by atoms with van der Waals surface area (Å²) in [4.78, 5) is 53.6. The maximum absolute atomic E-state index is 13.9. The molecule has 2 N–H and O–H groups in total. The molecule has 0 radical (unpaired) electrons. The first-order valence-electron chi connectivity index (χ1n) is 14.1. The van der Waals surface area contributed by atoms with E-state index >= 15 is 0 Å². The van der Waals surface area contributed by atoms with Crippen molar-refractivity contribution in [2.45, 2.75) is 96.9 Å². The van der Waals surface area contributed by atoms with Crippen LogP contribution in [0, 0.1) is 5.41 Å². The Hall–Kier alpha value is -3.43. The van der Waals surface area contributed by atoms with Crippen molar-refractivity contribution >= 4 is 34.4 Å². The number of ketones is 1. The van der Waals surface area contributed by atoms with Crippen LogP contribution >= 0.6 is 0 Å². The third-order valence-corrected chi connectivity index (χ3v) is 8.38. The molecule has 2 aliphatic heterocycles. The molecule has 3 atom stereocenters. The predicted molar refractivity (Wildman–Crippen MR) is 145 cm³/mol. The molecule has 1 saturated carbocycles. The summed E-state index contributed by atoms with van der Waals surface area (Å²) in [7, 11) is 1.57. The highest BCUT2D eigenvalue weighted by Crippen LogP contribution is 2.59. The average molecular weight is 538 g/mol. The van der Waals surface area contributed by atoms with Crippen LogP contribution in [0.1, 0.15) is 81.8 Å². The predicted octanol–water partition coefficient (Wildman–Crippen LogP) is 2.75. The Morgan fingerprint density at radius 1 is 1.13 bits per heavy atom. The zero-order chi connectivity index (χ0) is 27.9. The van der Waals surface area contributed by atoms with Gasteiger partial charge in [0.05, 0.1) is 11.6 Å². The SMILES string of the molecule is CNC(=O)[C@@H]1C[C@]23CNC(=O)CCCCCCc4cc(OC(C)C)cc5c(C(C)=O)nn(c45)CC(=O)N1[C@@H]2C3. The van der Waals surface area contributed by atoms with Crippen molar-refractivity contribution in [2.24, 2.45) is 5.41 Å². The standard InChI is InChI=1S/C29H39N5O5/c1-17(2)39-20-11-19-9-7-5-6-8-10-24(36)31-16-29-13-22(28(38)30-4)34(23(29)14-29)25(37)15-33-27(19)21(12-20)26(32-33)18(3)35/h11-12,17,22-23H,5-10,13-16H2,1-4H3,(H,30,38)(H,31,36)/t22-,23+,29-/m0/s1. The van der Waals surface area contributed by atoms with Crippen LogP contribution < -0.4 is 15.4 Å². The first-order valence-corrected chi connectivity index (χ1v) is 14.1. The summed E-state index contributed by atoms with van der Waals surface area (Å²) in [6.07, 6.45) is 6.04. The van der Waals surface area contributed by atoms with Gasteiger partial charge in [0.2, 0.25) is 17.7 Å².